The number of carbonyl (C=O) groups is 1. The number of ether oxygens (including phenoxy) is 1. The summed E-state index contributed by atoms with van der Waals surface area (Å²) in [5.74, 6) is 0.486. The molecule has 0 unspecified atom stereocenters. The normalized spacial score (nSPS) is 11.2. The second kappa shape index (κ2) is 8.34. The van der Waals surface area contributed by atoms with E-state index in [2.05, 4.69) is 40.3 Å². The summed E-state index contributed by atoms with van der Waals surface area (Å²) in [7, 11) is 0. The molecule has 128 valence electrons. The minimum atomic E-state index is -0.964. The van der Waals surface area contributed by atoms with E-state index in [0.717, 1.165) is 16.6 Å². The quantitative estimate of drug-likeness (QED) is 0.670. The van der Waals surface area contributed by atoms with Crippen molar-refractivity contribution in [2.45, 2.75) is 45.6 Å². The number of unbranched alkanes of at least 4 members (excludes halogenated alkanes) is 1. The van der Waals surface area contributed by atoms with E-state index >= 15 is 0 Å². The molecule has 24 heavy (non-hydrogen) atoms. The van der Waals surface area contributed by atoms with E-state index in [1.54, 1.807) is 13.8 Å². The second-order valence-electron chi connectivity index (χ2n) is 6.32. The van der Waals surface area contributed by atoms with Crippen LogP contribution in [0.2, 0.25) is 0 Å². The maximum atomic E-state index is 12.5. The van der Waals surface area contributed by atoms with E-state index in [1.807, 2.05) is 36.4 Å². The predicted molar refractivity (Wildman–Crippen MR) is 103 cm³/mol. The largest absolute Gasteiger partial charge is 0.478 e. The number of anilines is 1. The molecule has 0 saturated heterocycles. The summed E-state index contributed by atoms with van der Waals surface area (Å²) < 4.78 is 6.81. The highest BCUT2D eigenvalue weighted by molar-refractivity contribution is 9.10. The Hall–Kier alpha value is -1.81. The van der Waals surface area contributed by atoms with Crippen LogP contribution in [0.4, 0.5) is 5.69 Å². The van der Waals surface area contributed by atoms with Crippen LogP contribution in [0.25, 0.3) is 0 Å². The van der Waals surface area contributed by atoms with Crippen LogP contribution in [0.1, 0.15) is 39.2 Å². The molecule has 0 saturated carbocycles. The highest BCUT2D eigenvalue weighted by Gasteiger charge is 2.30. The van der Waals surface area contributed by atoms with Crippen LogP contribution in [0.15, 0.2) is 53.0 Å². The van der Waals surface area contributed by atoms with E-state index in [-0.39, 0.29) is 5.91 Å². The summed E-state index contributed by atoms with van der Waals surface area (Å²) >= 11 is 3.38. The minimum absolute atomic E-state index is 0.174. The molecular formula is C20H24BrNO2. The SMILES string of the molecule is CCCCc1ccc(NC(=O)C(C)(C)Oc2ccc(Br)cc2)cc1. The number of hydrogen-bond acceptors (Lipinski definition) is 2. The molecule has 2 aromatic carbocycles. The Balaban J connectivity index is 1.98. The number of rotatable bonds is 7. The summed E-state index contributed by atoms with van der Waals surface area (Å²) in [5, 5.41) is 2.92. The molecule has 0 spiro atoms. The molecule has 0 heterocycles. The van der Waals surface area contributed by atoms with Crippen LogP contribution in [0.5, 0.6) is 5.75 Å². The first-order valence-corrected chi connectivity index (χ1v) is 9.05. The van der Waals surface area contributed by atoms with Crippen molar-refractivity contribution in [1.29, 1.82) is 0 Å². The Morgan fingerprint density at radius 1 is 1.08 bits per heavy atom. The standard InChI is InChI=1S/C20H24BrNO2/c1-4-5-6-15-7-11-17(12-8-15)22-19(23)20(2,3)24-18-13-9-16(21)10-14-18/h7-14H,4-6H2,1-3H3,(H,22,23). The van der Waals surface area contributed by atoms with Crippen molar-refractivity contribution in [3.05, 3.63) is 58.6 Å². The van der Waals surface area contributed by atoms with Crippen molar-refractivity contribution in [3.8, 4) is 5.75 Å². The van der Waals surface area contributed by atoms with E-state index in [9.17, 15) is 4.79 Å². The van der Waals surface area contributed by atoms with Gasteiger partial charge in [0.05, 0.1) is 0 Å². The Kier molecular flexibility index (Phi) is 6.44. The molecule has 1 amide bonds. The van der Waals surface area contributed by atoms with Gasteiger partial charge in [-0.25, -0.2) is 0 Å². The monoisotopic (exact) mass is 389 g/mol. The first-order chi connectivity index (χ1) is 11.4. The van der Waals surface area contributed by atoms with Crippen LogP contribution in [0, 0.1) is 0 Å². The Morgan fingerprint density at radius 2 is 1.71 bits per heavy atom. The van der Waals surface area contributed by atoms with E-state index < -0.39 is 5.60 Å². The van der Waals surface area contributed by atoms with Crippen molar-refractivity contribution < 1.29 is 9.53 Å². The van der Waals surface area contributed by atoms with Crippen LogP contribution >= 0.6 is 15.9 Å². The summed E-state index contributed by atoms with van der Waals surface area (Å²) in [6.07, 6.45) is 3.43. The van der Waals surface area contributed by atoms with Gasteiger partial charge in [-0.1, -0.05) is 41.4 Å². The number of aryl methyl sites for hydroxylation is 1. The zero-order chi connectivity index (χ0) is 17.6. The molecule has 1 N–H and O–H groups in total. The maximum absolute atomic E-state index is 12.5. The zero-order valence-electron chi connectivity index (χ0n) is 14.4. The van der Waals surface area contributed by atoms with Crippen LogP contribution in [0.3, 0.4) is 0 Å². The summed E-state index contributed by atoms with van der Waals surface area (Å²) in [6, 6.07) is 15.5. The van der Waals surface area contributed by atoms with Gasteiger partial charge in [-0.05, 0) is 68.7 Å². The smallest absolute Gasteiger partial charge is 0.267 e. The van der Waals surface area contributed by atoms with Gasteiger partial charge < -0.3 is 10.1 Å². The third-order valence-electron chi connectivity index (χ3n) is 3.76. The lowest BCUT2D eigenvalue weighted by atomic mass is 10.1. The fraction of sp³-hybridized carbons (Fsp3) is 0.350. The first-order valence-electron chi connectivity index (χ1n) is 8.25. The predicted octanol–water partition coefficient (Wildman–Crippen LogP) is 5.59. The topological polar surface area (TPSA) is 38.3 Å². The van der Waals surface area contributed by atoms with Gasteiger partial charge in [0.2, 0.25) is 0 Å². The lowest BCUT2D eigenvalue weighted by Crippen LogP contribution is -2.42. The number of hydrogen-bond donors (Lipinski definition) is 1. The van der Waals surface area contributed by atoms with Crippen molar-refractivity contribution in [2.75, 3.05) is 5.32 Å². The van der Waals surface area contributed by atoms with E-state index in [1.165, 1.54) is 18.4 Å². The number of amides is 1. The van der Waals surface area contributed by atoms with Crippen molar-refractivity contribution in [3.63, 3.8) is 0 Å². The molecule has 0 atom stereocenters. The molecule has 2 rings (SSSR count). The fourth-order valence-electron chi connectivity index (χ4n) is 2.26. The third kappa shape index (κ3) is 5.38. The molecule has 0 bridgehead atoms. The summed E-state index contributed by atoms with van der Waals surface area (Å²) in [6.45, 7) is 5.71. The van der Waals surface area contributed by atoms with Gasteiger partial charge in [-0.15, -0.1) is 0 Å². The van der Waals surface area contributed by atoms with Gasteiger partial charge in [0.1, 0.15) is 5.75 Å². The number of carbonyl (C=O) groups excluding carboxylic acids is 1. The highest BCUT2D eigenvalue weighted by Crippen LogP contribution is 2.22. The summed E-state index contributed by atoms with van der Waals surface area (Å²) in [5.41, 5.74) is 1.11. The van der Waals surface area contributed by atoms with E-state index in [4.69, 9.17) is 4.74 Å². The number of halogens is 1. The molecule has 4 heteroatoms. The molecule has 3 nitrogen and oxygen atoms in total. The van der Waals surface area contributed by atoms with Crippen LogP contribution in [-0.2, 0) is 11.2 Å². The Bertz CT molecular complexity index is 663. The minimum Gasteiger partial charge on any atom is -0.478 e. The zero-order valence-corrected chi connectivity index (χ0v) is 16.0. The molecule has 2 aromatic rings. The average molecular weight is 390 g/mol. The van der Waals surface area contributed by atoms with Gasteiger partial charge in [0.25, 0.3) is 5.91 Å². The van der Waals surface area contributed by atoms with Crippen molar-refractivity contribution in [2.24, 2.45) is 0 Å². The molecule has 0 aliphatic heterocycles. The lowest BCUT2D eigenvalue weighted by Gasteiger charge is -2.25. The van der Waals surface area contributed by atoms with Crippen LogP contribution in [-0.4, -0.2) is 11.5 Å². The molecule has 0 aliphatic rings. The van der Waals surface area contributed by atoms with Gasteiger partial charge in [-0.2, -0.15) is 0 Å². The van der Waals surface area contributed by atoms with Gasteiger partial charge in [0.15, 0.2) is 5.60 Å². The third-order valence-corrected chi connectivity index (χ3v) is 4.29. The molecule has 0 aromatic heterocycles. The Labute approximate surface area is 152 Å². The number of nitrogens with one attached hydrogen (secondary N) is 1. The van der Waals surface area contributed by atoms with Gasteiger partial charge >= 0.3 is 0 Å². The van der Waals surface area contributed by atoms with Crippen LogP contribution < -0.4 is 10.1 Å². The van der Waals surface area contributed by atoms with Crippen molar-refractivity contribution in [1.82, 2.24) is 0 Å². The van der Waals surface area contributed by atoms with Gasteiger partial charge in [-0.3, -0.25) is 4.79 Å². The number of benzene rings is 2. The molecule has 0 radical (unpaired) electrons. The second-order valence-corrected chi connectivity index (χ2v) is 7.24. The maximum Gasteiger partial charge on any atom is 0.267 e. The molecule has 0 fully saturated rings. The lowest BCUT2D eigenvalue weighted by molar-refractivity contribution is -0.128. The first kappa shape index (κ1) is 18.5. The summed E-state index contributed by atoms with van der Waals surface area (Å²) in [4.78, 5) is 12.5. The average Bonchev–Trinajstić information content (AvgIpc) is 2.56. The van der Waals surface area contributed by atoms with E-state index in [0.29, 0.717) is 5.75 Å². The molecule has 0 aliphatic carbocycles. The van der Waals surface area contributed by atoms with Gasteiger partial charge in [0, 0.05) is 10.2 Å². The van der Waals surface area contributed by atoms with Crippen molar-refractivity contribution >= 4 is 27.5 Å². The highest BCUT2D eigenvalue weighted by atomic mass is 79.9. The fourth-order valence-corrected chi connectivity index (χ4v) is 2.53. The Morgan fingerprint density at radius 3 is 2.29 bits per heavy atom. The molecular weight excluding hydrogens is 366 g/mol.